The summed E-state index contributed by atoms with van der Waals surface area (Å²) in [6, 6.07) is 10.5. The lowest BCUT2D eigenvalue weighted by molar-refractivity contribution is 0.0793. The maximum Gasteiger partial charge on any atom is 0.255 e. The van der Waals surface area contributed by atoms with Gasteiger partial charge < -0.3 is 10.2 Å². The van der Waals surface area contributed by atoms with Crippen molar-refractivity contribution in [3.8, 4) is 0 Å². The smallest absolute Gasteiger partial charge is 0.255 e. The van der Waals surface area contributed by atoms with Crippen LogP contribution in [0, 0.1) is 13.8 Å². The number of amides is 2. The SMILES string of the molecule is CCCCN(C)C(=O)c1cccc(C(=O)Nc2c(C)cc(C)cc2Cl)c1. The van der Waals surface area contributed by atoms with Gasteiger partial charge >= 0.3 is 0 Å². The van der Waals surface area contributed by atoms with Gasteiger partial charge in [-0.25, -0.2) is 0 Å². The van der Waals surface area contributed by atoms with Crippen LogP contribution in [0.3, 0.4) is 0 Å². The number of carbonyl (C=O) groups is 2. The molecule has 0 bridgehead atoms. The summed E-state index contributed by atoms with van der Waals surface area (Å²) in [5, 5.41) is 3.36. The predicted molar refractivity (Wildman–Crippen MR) is 107 cm³/mol. The Hall–Kier alpha value is -2.33. The van der Waals surface area contributed by atoms with E-state index >= 15 is 0 Å². The fourth-order valence-corrected chi connectivity index (χ4v) is 3.14. The Morgan fingerprint density at radius 3 is 2.46 bits per heavy atom. The van der Waals surface area contributed by atoms with E-state index in [0.29, 0.717) is 28.4 Å². The third kappa shape index (κ3) is 4.85. The normalized spacial score (nSPS) is 10.5. The van der Waals surface area contributed by atoms with E-state index in [4.69, 9.17) is 11.6 Å². The molecule has 5 heteroatoms. The Bertz CT molecular complexity index is 794. The molecule has 26 heavy (non-hydrogen) atoms. The van der Waals surface area contributed by atoms with Gasteiger partial charge in [-0.05, 0) is 55.7 Å². The Balaban J connectivity index is 2.19. The Kier molecular flexibility index (Phi) is 6.81. The molecule has 0 saturated heterocycles. The molecule has 0 heterocycles. The lowest BCUT2D eigenvalue weighted by atomic mass is 10.1. The van der Waals surface area contributed by atoms with E-state index in [1.807, 2.05) is 26.0 Å². The van der Waals surface area contributed by atoms with Crippen LogP contribution in [0.25, 0.3) is 0 Å². The zero-order valence-corrected chi connectivity index (χ0v) is 16.5. The van der Waals surface area contributed by atoms with Crippen LogP contribution in [-0.4, -0.2) is 30.3 Å². The van der Waals surface area contributed by atoms with Crippen molar-refractivity contribution in [2.75, 3.05) is 18.9 Å². The average molecular weight is 373 g/mol. The van der Waals surface area contributed by atoms with E-state index in [1.54, 1.807) is 36.2 Å². The molecule has 0 aromatic heterocycles. The summed E-state index contributed by atoms with van der Waals surface area (Å²) in [6.07, 6.45) is 1.98. The molecule has 2 amide bonds. The summed E-state index contributed by atoms with van der Waals surface area (Å²) >= 11 is 6.26. The van der Waals surface area contributed by atoms with E-state index in [1.165, 1.54) is 0 Å². The van der Waals surface area contributed by atoms with Crippen molar-refractivity contribution in [1.82, 2.24) is 4.90 Å². The zero-order chi connectivity index (χ0) is 19.3. The summed E-state index contributed by atoms with van der Waals surface area (Å²) in [4.78, 5) is 26.8. The van der Waals surface area contributed by atoms with Crippen LogP contribution in [0.5, 0.6) is 0 Å². The molecule has 0 fully saturated rings. The van der Waals surface area contributed by atoms with Gasteiger partial charge in [-0.15, -0.1) is 0 Å². The zero-order valence-electron chi connectivity index (χ0n) is 15.7. The van der Waals surface area contributed by atoms with Crippen molar-refractivity contribution in [3.05, 3.63) is 63.7 Å². The number of rotatable bonds is 6. The summed E-state index contributed by atoms with van der Waals surface area (Å²) in [5.74, 6) is -0.373. The van der Waals surface area contributed by atoms with Gasteiger partial charge in [0.15, 0.2) is 0 Å². The van der Waals surface area contributed by atoms with Gasteiger partial charge in [-0.2, -0.15) is 0 Å². The molecule has 0 saturated carbocycles. The lowest BCUT2D eigenvalue weighted by Crippen LogP contribution is -2.28. The van der Waals surface area contributed by atoms with Gasteiger partial charge in [0.05, 0.1) is 10.7 Å². The van der Waals surface area contributed by atoms with Crippen molar-refractivity contribution in [1.29, 1.82) is 0 Å². The fourth-order valence-electron chi connectivity index (χ4n) is 2.77. The second kappa shape index (κ2) is 8.86. The van der Waals surface area contributed by atoms with E-state index in [-0.39, 0.29) is 11.8 Å². The van der Waals surface area contributed by atoms with E-state index in [2.05, 4.69) is 12.2 Å². The maximum atomic E-state index is 12.6. The molecule has 2 rings (SSSR count). The molecule has 0 radical (unpaired) electrons. The minimum atomic E-state index is -0.287. The Labute approximate surface area is 160 Å². The summed E-state index contributed by atoms with van der Waals surface area (Å²) in [5.41, 5.74) is 3.46. The number of hydrogen-bond donors (Lipinski definition) is 1. The average Bonchev–Trinajstić information content (AvgIpc) is 2.61. The van der Waals surface area contributed by atoms with Crippen LogP contribution in [0.4, 0.5) is 5.69 Å². The standard InChI is InChI=1S/C21H25ClN2O2/c1-5-6-10-24(4)21(26)17-9-7-8-16(13-17)20(25)23-19-15(3)11-14(2)12-18(19)22/h7-9,11-13H,5-6,10H2,1-4H3,(H,23,25). The molecule has 1 N–H and O–H groups in total. The van der Waals surface area contributed by atoms with Gasteiger partial charge in [0, 0.05) is 24.7 Å². The van der Waals surface area contributed by atoms with Crippen LogP contribution in [-0.2, 0) is 0 Å². The number of anilines is 1. The highest BCUT2D eigenvalue weighted by Crippen LogP contribution is 2.27. The molecule has 0 aliphatic carbocycles. The third-order valence-electron chi connectivity index (χ3n) is 4.24. The summed E-state index contributed by atoms with van der Waals surface area (Å²) in [7, 11) is 1.78. The topological polar surface area (TPSA) is 49.4 Å². The third-order valence-corrected chi connectivity index (χ3v) is 4.53. The van der Waals surface area contributed by atoms with Crippen LogP contribution in [0.2, 0.25) is 5.02 Å². The van der Waals surface area contributed by atoms with Crippen molar-refractivity contribution >= 4 is 29.1 Å². The summed E-state index contributed by atoms with van der Waals surface area (Å²) in [6.45, 7) is 6.64. The molecular weight excluding hydrogens is 348 g/mol. The van der Waals surface area contributed by atoms with Gasteiger partial charge in [-0.1, -0.05) is 37.1 Å². The molecule has 0 unspecified atom stereocenters. The van der Waals surface area contributed by atoms with Gasteiger partial charge in [0.2, 0.25) is 0 Å². The number of aryl methyl sites for hydroxylation is 2. The van der Waals surface area contributed by atoms with Crippen molar-refractivity contribution in [2.24, 2.45) is 0 Å². The molecule has 0 aliphatic rings. The van der Waals surface area contributed by atoms with Crippen molar-refractivity contribution < 1.29 is 9.59 Å². The largest absolute Gasteiger partial charge is 0.342 e. The van der Waals surface area contributed by atoms with Crippen LogP contribution in [0.1, 0.15) is 51.6 Å². The molecule has 4 nitrogen and oxygen atoms in total. The Morgan fingerprint density at radius 1 is 1.12 bits per heavy atom. The second-order valence-corrected chi connectivity index (χ2v) is 6.96. The molecule has 138 valence electrons. The number of halogens is 1. The first-order valence-corrected chi connectivity index (χ1v) is 9.15. The molecule has 0 atom stereocenters. The highest BCUT2D eigenvalue weighted by atomic mass is 35.5. The van der Waals surface area contributed by atoms with Gasteiger partial charge in [0.1, 0.15) is 0 Å². The molecule has 2 aromatic carbocycles. The van der Waals surface area contributed by atoms with Gasteiger partial charge in [0.25, 0.3) is 11.8 Å². The van der Waals surface area contributed by atoms with Crippen LogP contribution >= 0.6 is 11.6 Å². The number of hydrogen-bond acceptors (Lipinski definition) is 2. The highest BCUT2D eigenvalue weighted by Gasteiger charge is 2.15. The highest BCUT2D eigenvalue weighted by molar-refractivity contribution is 6.34. The summed E-state index contributed by atoms with van der Waals surface area (Å²) < 4.78 is 0. The monoisotopic (exact) mass is 372 g/mol. The fraction of sp³-hybridized carbons (Fsp3) is 0.333. The van der Waals surface area contributed by atoms with Crippen LogP contribution in [0.15, 0.2) is 36.4 Å². The number of unbranched alkanes of at least 4 members (excludes halogenated alkanes) is 1. The second-order valence-electron chi connectivity index (χ2n) is 6.55. The van der Waals surface area contributed by atoms with Crippen molar-refractivity contribution in [3.63, 3.8) is 0 Å². The molecule has 0 aliphatic heterocycles. The van der Waals surface area contributed by atoms with Crippen LogP contribution < -0.4 is 5.32 Å². The van der Waals surface area contributed by atoms with E-state index < -0.39 is 0 Å². The predicted octanol–water partition coefficient (Wildman–Crippen LogP) is 5.08. The number of nitrogens with zero attached hydrogens (tertiary/aromatic N) is 1. The first kappa shape index (κ1) is 20.0. The lowest BCUT2D eigenvalue weighted by Gasteiger charge is -2.17. The quantitative estimate of drug-likeness (QED) is 0.768. The first-order valence-electron chi connectivity index (χ1n) is 8.77. The Morgan fingerprint density at radius 2 is 1.81 bits per heavy atom. The molecule has 2 aromatic rings. The van der Waals surface area contributed by atoms with E-state index in [0.717, 1.165) is 24.0 Å². The number of benzene rings is 2. The number of nitrogens with one attached hydrogen (secondary N) is 1. The molecular formula is C21H25ClN2O2. The van der Waals surface area contributed by atoms with E-state index in [9.17, 15) is 9.59 Å². The van der Waals surface area contributed by atoms with Crippen molar-refractivity contribution in [2.45, 2.75) is 33.6 Å². The maximum absolute atomic E-state index is 12.6. The minimum absolute atomic E-state index is 0.0855. The minimum Gasteiger partial charge on any atom is -0.342 e. The van der Waals surface area contributed by atoms with Gasteiger partial charge in [-0.3, -0.25) is 9.59 Å². The first-order chi connectivity index (χ1) is 12.3. The molecule has 0 spiro atoms. The number of carbonyl (C=O) groups excluding carboxylic acids is 2.